The predicted molar refractivity (Wildman–Crippen MR) is 77.4 cm³/mol. The Bertz CT molecular complexity index is 539. The molecule has 102 valence electrons. The van der Waals surface area contributed by atoms with E-state index in [2.05, 4.69) is 33.3 Å². The fraction of sp³-hybridized carbons (Fsp3) is 0.357. The molecular weight excluding hydrogens is 309 g/mol. The minimum atomic E-state index is -0.227. The Labute approximate surface area is 121 Å². The molecule has 5 heteroatoms. The van der Waals surface area contributed by atoms with Gasteiger partial charge in [-0.1, -0.05) is 22.9 Å². The smallest absolute Gasteiger partial charge is 0.123 e. The summed E-state index contributed by atoms with van der Waals surface area (Å²) in [6.07, 6.45) is 4.94. The molecule has 0 radical (unpaired) electrons. The van der Waals surface area contributed by atoms with E-state index in [-0.39, 0.29) is 5.82 Å². The maximum absolute atomic E-state index is 13.2. The Balaban J connectivity index is 2.01. The summed E-state index contributed by atoms with van der Waals surface area (Å²) in [6, 6.07) is 4.69. The molecule has 0 amide bonds. The van der Waals surface area contributed by atoms with Gasteiger partial charge in [0.15, 0.2) is 0 Å². The zero-order chi connectivity index (χ0) is 13.7. The summed E-state index contributed by atoms with van der Waals surface area (Å²) in [6.45, 7) is 4.52. The third kappa shape index (κ3) is 4.14. The van der Waals surface area contributed by atoms with Crippen molar-refractivity contribution in [3.8, 4) is 0 Å². The van der Waals surface area contributed by atoms with Gasteiger partial charge in [-0.25, -0.2) is 4.39 Å². The van der Waals surface area contributed by atoms with Gasteiger partial charge in [-0.3, -0.25) is 4.68 Å². The van der Waals surface area contributed by atoms with Crippen molar-refractivity contribution in [1.29, 1.82) is 0 Å². The van der Waals surface area contributed by atoms with Crippen molar-refractivity contribution < 1.29 is 4.39 Å². The standard InChI is InChI=1S/C14H17BrFN3/c1-2-5-17-7-11-8-18-19(9-11)10-12-6-13(16)3-4-14(12)15/h3-4,6,8-9,17H,2,5,7,10H2,1H3. The lowest BCUT2D eigenvalue weighted by atomic mass is 10.2. The van der Waals surface area contributed by atoms with Gasteiger partial charge in [0, 0.05) is 22.8 Å². The SMILES string of the molecule is CCCNCc1cnn(Cc2cc(F)ccc2Br)c1. The average Bonchev–Trinajstić information content (AvgIpc) is 2.82. The maximum Gasteiger partial charge on any atom is 0.123 e. The van der Waals surface area contributed by atoms with Crippen LogP contribution in [0.2, 0.25) is 0 Å². The molecule has 1 aromatic heterocycles. The average molecular weight is 326 g/mol. The van der Waals surface area contributed by atoms with Gasteiger partial charge >= 0.3 is 0 Å². The fourth-order valence-electron chi connectivity index (χ4n) is 1.83. The first kappa shape index (κ1) is 14.2. The van der Waals surface area contributed by atoms with Gasteiger partial charge in [0.2, 0.25) is 0 Å². The second-order valence-corrected chi connectivity index (χ2v) is 5.31. The quantitative estimate of drug-likeness (QED) is 0.825. The number of benzene rings is 1. The largest absolute Gasteiger partial charge is 0.313 e. The van der Waals surface area contributed by atoms with Crippen molar-refractivity contribution >= 4 is 15.9 Å². The lowest BCUT2D eigenvalue weighted by molar-refractivity contribution is 0.618. The van der Waals surface area contributed by atoms with Crippen LogP contribution in [0.4, 0.5) is 4.39 Å². The van der Waals surface area contributed by atoms with Crippen LogP contribution in [0.1, 0.15) is 24.5 Å². The number of rotatable bonds is 6. The third-order valence-electron chi connectivity index (χ3n) is 2.78. The second-order valence-electron chi connectivity index (χ2n) is 4.46. The van der Waals surface area contributed by atoms with Gasteiger partial charge in [0.05, 0.1) is 12.7 Å². The summed E-state index contributed by atoms with van der Waals surface area (Å²) >= 11 is 3.43. The van der Waals surface area contributed by atoms with Crippen LogP contribution >= 0.6 is 15.9 Å². The van der Waals surface area contributed by atoms with Crippen molar-refractivity contribution in [1.82, 2.24) is 15.1 Å². The van der Waals surface area contributed by atoms with Crippen molar-refractivity contribution in [2.75, 3.05) is 6.54 Å². The molecule has 0 saturated carbocycles. The van der Waals surface area contributed by atoms with E-state index in [4.69, 9.17) is 0 Å². The normalized spacial score (nSPS) is 10.9. The molecule has 3 nitrogen and oxygen atoms in total. The number of aromatic nitrogens is 2. The Kier molecular flexibility index (Phi) is 5.10. The molecule has 1 aromatic carbocycles. The van der Waals surface area contributed by atoms with E-state index >= 15 is 0 Å². The van der Waals surface area contributed by atoms with Gasteiger partial charge in [-0.15, -0.1) is 0 Å². The highest BCUT2D eigenvalue weighted by Crippen LogP contribution is 2.18. The predicted octanol–water partition coefficient (Wildman–Crippen LogP) is 3.33. The molecule has 0 fully saturated rings. The first-order valence-electron chi connectivity index (χ1n) is 6.35. The van der Waals surface area contributed by atoms with E-state index in [1.807, 2.05) is 17.1 Å². The minimum Gasteiger partial charge on any atom is -0.313 e. The van der Waals surface area contributed by atoms with E-state index in [1.54, 1.807) is 6.07 Å². The lowest BCUT2D eigenvalue weighted by Gasteiger charge is -2.05. The highest BCUT2D eigenvalue weighted by molar-refractivity contribution is 9.10. The molecule has 1 N–H and O–H groups in total. The van der Waals surface area contributed by atoms with Crippen LogP contribution in [0.15, 0.2) is 35.1 Å². The summed E-state index contributed by atoms with van der Waals surface area (Å²) in [5.41, 5.74) is 2.03. The molecular formula is C14H17BrFN3. The lowest BCUT2D eigenvalue weighted by Crippen LogP contribution is -2.13. The molecule has 0 atom stereocenters. The number of nitrogens with one attached hydrogen (secondary N) is 1. The van der Waals surface area contributed by atoms with Crippen molar-refractivity contribution in [2.45, 2.75) is 26.4 Å². The highest BCUT2D eigenvalue weighted by atomic mass is 79.9. The van der Waals surface area contributed by atoms with E-state index in [0.717, 1.165) is 35.1 Å². The number of halogens is 2. The summed E-state index contributed by atoms with van der Waals surface area (Å²) < 4.78 is 15.9. The zero-order valence-electron chi connectivity index (χ0n) is 10.9. The van der Waals surface area contributed by atoms with Gasteiger partial charge in [-0.2, -0.15) is 5.10 Å². The zero-order valence-corrected chi connectivity index (χ0v) is 12.5. The van der Waals surface area contributed by atoms with Crippen LogP contribution in [0.25, 0.3) is 0 Å². The Morgan fingerprint density at radius 2 is 2.26 bits per heavy atom. The Hall–Kier alpha value is -1.20. The van der Waals surface area contributed by atoms with Crippen LogP contribution in [0.3, 0.4) is 0 Å². The number of nitrogens with zero attached hydrogens (tertiary/aromatic N) is 2. The van der Waals surface area contributed by atoms with Crippen molar-refractivity contribution in [3.05, 3.63) is 52.0 Å². The summed E-state index contributed by atoms with van der Waals surface area (Å²) in [7, 11) is 0. The molecule has 19 heavy (non-hydrogen) atoms. The van der Waals surface area contributed by atoms with Gasteiger partial charge < -0.3 is 5.32 Å². The molecule has 0 aliphatic rings. The van der Waals surface area contributed by atoms with Gasteiger partial charge in [0.25, 0.3) is 0 Å². The molecule has 1 heterocycles. The fourth-order valence-corrected chi connectivity index (χ4v) is 2.20. The van der Waals surface area contributed by atoms with E-state index in [0.29, 0.717) is 6.54 Å². The Morgan fingerprint density at radius 1 is 1.42 bits per heavy atom. The van der Waals surface area contributed by atoms with Crippen LogP contribution in [0, 0.1) is 5.82 Å². The van der Waals surface area contributed by atoms with Gasteiger partial charge in [-0.05, 0) is 36.7 Å². The van der Waals surface area contributed by atoms with E-state index < -0.39 is 0 Å². The molecule has 0 spiro atoms. The van der Waals surface area contributed by atoms with Crippen LogP contribution in [-0.4, -0.2) is 16.3 Å². The monoisotopic (exact) mass is 325 g/mol. The van der Waals surface area contributed by atoms with Gasteiger partial charge in [0.1, 0.15) is 5.82 Å². The third-order valence-corrected chi connectivity index (χ3v) is 3.56. The molecule has 0 saturated heterocycles. The molecule has 2 aromatic rings. The van der Waals surface area contributed by atoms with Crippen LogP contribution in [0.5, 0.6) is 0 Å². The maximum atomic E-state index is 13.2. The highest BCUT2D eigenvalue weighted by Gasteiger charge is 2.04. The van der Waals surface area contributed by atoms with Crippen molar-refractivity contribution in [2.24, 2.45) is 0 Å². The summed E-state index contributed by atoms with van der Waals surface area (Å²) in [5.74, 6) is -0.227. The van der Waals surface area contributed by atoms with Crippen LogP contribution in [-0.2, 0) is 13.1 Å². The molecule has 0 aliphatic carbocycles. The molecule has 2 rings (SSSR count). The summed E-state index contributed by atoms with van der Waals surface area (Å²) in [5, 5.41) is 7.62. The minimum absolute atomic E-state index is 0.227. The second kappa shape index (κ2) is 6.82. The molecule has 0 bridgehead atoms. The molecule has 0 aliphatic heterocycles. The summed E-state index contributed by atoms with van der Waals surface area (Å²) in [4.78, 5) is 0. The first-order chi connectivity index (χ1) is 9.19. The Morgan fingerprint density at radius 3 is 3.05 bits per heavy atom. The van der Waals surface area contributed by atoms with Crippen LogP contribution < -0.4 is 5.32 Å². The van der Waals surface area contributed by atoms with E-state index in [9.17, 15) is 4.39 Å². The van der Waals surface area contributed by atoms with E-state index in [1.165, 1.54) is 12.1 Å². The topological polar surface area (TPSA) is 29.9 Å². The number of hydrogen-bond acceptors (Lipinski definition) is 2. The van der Waals surface area contributed by atoms with Crippen molar-refractivity contribution in [3.63, 3.8) is 0 Å². The first-order valence-corrected chi connectivity index (χ1v) is 7.14. The number of hydrogen-bond donors (Lipinski definition) is 1. The molecule has 0 unspecified atom stereocenters.